The molecular weight excluding hydrogens is 366 g/mol. The van der Waals surface area contributed by atoms with Gasteiger partial charge in [-0.3, -0.25) is 4.79 Å². The Morgan fingerprint density at radius 1 is 1.32 bits per heavy atom. The molecule has 1 aliphatic rings. The second-order valence-corrected chi connectivity index (χ2v) is 7.25. The van der Waals surface area contributed by atoms with Crippen LogP contribution in [0.25, 0.3) is 16.7 Å². The van der Waals surface area contributed by atoms with Crippen LogP contribution < -0.4 is 5.32 Å². The van der Waals surface area contributed by atoms with E-state index >= 15 is 0 Å². The number of hydrogen-bond acceptors (Lipinski definition) is 5. The second-order valence-electron chi connectivity index (χ2n) is 7.25. The highest BCUT2D eigenvalue weighted by Gasteiger charge is 2.31. The van der Waals surface area contributed by atoms with E-state index in [4.69, 9.17) is 0 Å². The van der Waals surface area contributed by atoms with Gasteiger partial charge in [-0.25, -0.2) is 14.6 Å². The van der Waals surface area contributed by atoms with Gasteiger partial charge < -0.3 is 10.2 Å². The molecule has 4 rings (SSSR count). The number of carbonyl (C=O) groups is 1. The van der Waals surface area contributed by atoms with E-state index in [0.29, 0.717) is 17.2 Å². The summed E-state index contributed by atoms with van der Waals surface area (Å²) in [5.74, 6) is -2.40. The number of likely N-dealkylation sites (N-methyl/N-ethyl adjacent to an activating group) is 1. The van der Waals surface area contributed by atoms with E-state index in [-0.39, 0.29) is 17.5 Å². The molecule has 0 unspecified atom stereocenters. The summed E-state index contributed by atoms with van der Waals surface area (Å²) < 4.78 is 29.1. The molecule has 0 saturated carbocycles. The number of nitrogens with one attached hydrogen (secondary N) is 1. The molecule has 0 bridgehead atoms. The molecule has 3 aromatic rings. The zero-order valence-electron chi connectivity index (χ0n) is 15.8. The predicted octanol–water partition coefficient (Wildman–Crippen LogP) is 2.91. The van der Waals surface area contributed by atoms with Crippen molar-refractivity contribution < 1.29 is 13.6 Å². The van der Waals surface area contributed by atoms with Crippen LogP contribution in [-0.4, -0.2) is 50.7 Å². The standard InChI is InChI=1S/C19H20F2N6O/c1-11(28)23-16-7-14-13(8-22-16)18(12-9-26(3)10-12)25-27(14)17-6-4-5-15(24-17)19(2,20)21/h4-8,12H,9-10H2,1-3H3,(H,22,23,28). The normalized spacial score (nSPS) is 15.6. The maximum absolute atomic E-state index is 13.8. The van der Waals surface area contributed by atoms with Gasteiger partial charge in [0.05, 0.1) is 11.2 Å². The average Bonchev–Trinajstić information content (AvgIpc) is 2.96. The summed E-state index contributed by atoms with van der Waals surface area (Å²) in [4.78, 5) is 22.0. The van der Waals surface area contributed by atoms with E-state index in [2.05, 4.69) is 25.3 Å². The van der Waals surface area contributed by atoms with Gasteiger partial charge in [0.15, 0.2) is 5.82 Å². The monoisotopic (exact) mass is 386 g/mol. The number of rotatable bonds is 4. The number of pyridine rings is 2. The first-order valence-electron chi connectivity index (χ1n) is 8.93. The van der Waals surface area contributed by atoms with Gasteiger partial charge in [-0.2, -0.15) is 13.9 Å². The van der Waals surface area contributed by atoms with Gasteiger partial charge in [0.25, 0.3) is 5.92 Å². The largest absolute Gasteiger partial charge is 0.311 e. The number of likely N-dealkylation sites (tertiary alicyclic amines) is 1. The third kappa shape index (κ3) is 3.33. The van der Waals surface area contributed by atoms with E-state index in [1.807, 2.05) is 7.05 Å². The molecule has 1 N–H and O–H groups in total. The molecule has 7 nitrogen and oxygen atoms in total. The molecule has 0 radical (unpaired) electrons. The summed E-state index contributed by atoms with van der Waals surface area (Å²) in [5.41, 5.74) is 1.19. The maximum atomic E-state index is 13.8. The minimum atomic E-state index is -3.05. The van der Waals surface area contributed by atoms with Crippen molar-refractivity contribution in [2.75, 3.05) is 25.5 Å². The number of halogens is 2. The summed E-state index contributed by atoms with van der Waals surface area (Å²) in [5, 5.41) is 8.16. The van der Waals surface area contributed by atoms with Crippen LogP contribution in [0, 0.1) is 0 Å². The summed E-state index contributed by atoms with van der Waals surface area (Å²) in [7, 11) is 2.02. The SMILES string of the molecule is CC(=O)Nc1cc2c(cn1)c(C1CN(C)C1)nn2-c1cccc(C(C)(F)F)n1. The van der Waals surface area contributed by atoms with Crippen molar-refractivity contribution in [3.8, 4) is 5.82 Å². The van der Waals surface area contributed by atoms with Gasteiger partial charge in [0.2, 0.25) is 5.91 Å². The molecule has 4 heterocycles. The molecular formula is C19H20F2N6O. The van der Waals surface area contributed by atoms with Crippen molar-refractivity contribution >= 4 is 22.6 Å². The smallest absolute Gasteiger partial charge is 0.287 e. The fourth-order valence-corrected chi connectivity index (χ4v) is 3.42. The lowest BCUT2D eigenvalue weighted by atomic mass is 9.95. The average molecular weight is 386 g/mol. The van der Waals surface area contributed by atoms with Gasteiger partial charge in [0, 0.05) is 50.5 Å². The van der Waals surface area contributed by atoms with Crippen molar-refractivity contribution in [2.45, 2.75) is 25.7 Å². The van der Waals surface area contributed by atoms with Crippen LogP contribution in [0.4, 0.5) is 14.6 Å². The van der Waals surface area contributed by atoms with E-state index in [1.165, 1.54) is 19.1 Å². The Morgan fingerprint density at radius 2 is 2.07 bits per heavy atom. The molecule has 3 aromatic heterocycles. The van der Waals surface area contributed by atoms with Crippen LogP contribution in [0.1, 0.15) is 31.2 Å². The van der Waals surface area contributed by atoms with Crippen molar-refractivity contribution in [1.29, 1.82) is 0 Å². The van der Waals surface area contributed by atoms with Crippen molar-refractivity contribution in [1.82, 2.24) is 24.6 Å². The van der Waals surface area contributed by atoms with Gasteiger partial charge in [0.1, 0.15) is 11.5 Å². The minimum Gasteiger partial charge on any atom is -0.311 e. The predicted molar refractivity (Wildman–Crippen MR) is 101 cm³/mol. The molecule has 0 aliphatic carbocycles. The first-order chi connectivity index (χ1) is 13.2. The number of amides is 1. The zero-order valence-corrected chi connectivity index (χ0v) is 15.8. The Kier molecular flexibility index (Phi) is 4.34. The third-order valence-corrected chi connectivity index (χ3v) is 4.75. The summed E-state index contributed by atoms with van der Waals surface area (Å²) in [6, 6.07) is 6.15. The summed E-state index contributed by atoms with van der Waals surface area (Å²) >= 11 is 0. The topological polar surface area (TPSA) is 75.9 Å². The first kappa shape index (κ1) is 18.4. The summed E-state index contributed by atoms with van der Waals surface area (Å²) in [6.07, 6.45) is 1.66. The van der Waals surface area contributed by atoms with Crippen LogP contribution in [0.15, 0.2) is 30.5 Å². The van der Waals surface area contributed by atoms with Gasteiger partial charge in [-0.05, 0) is 19.2 Å². The highest BCUT2D eigenvalue weighted by molar-refractivity contribution is 5.91. The Labute approximate surface area is 160 Å². The number of alkyl halides is 2. The highest BCUT2D eigenvalue weighted by atomic mass is 19.3. The van der Waals surface area contributed by atoms with Crippen molar-refractivity contribution in [3.63, 3.8) is 0 Å². The van der Waals surface area contributed by atoms with Gasteiger partial charge in [-0.15, -0.1) is 0 Å². The lowest BCUT2D eigenvalue weighted by Gasteiger charge is -2.35. The molecule has 0 spiro atoms. The number of aromatic nitrogens is 4. The molecule has 146 valence electrons. The fourth-order valence-electron chi connectivity index (χ4n) is 3.42. The number of anilines is 1. The lowest BCUT2D eigenvalue weighted by molar-refractivity contribution is -0.114. The van der Waals surface area contributed by atoms with Crippen LogP contribution in [0.5, 0.6) is 0 Å². The molecule has 9 heteroatoms. The molecule has 1 saturated heterocycles. The molecule has 0 atom stereocenters. The molecule has 1 fully saturated rings. The maximum Gasteiger partial charge on any atom is 0.287 e. The Hall–Kier alpha value is -2.94. The quantitative estimate of drug-likeness (QED) is 0.746. The highest BCUT2D eigenvalue weighted by Crippen LogP contribution is 2.33. The Balaban J connectivity index is 1.87. The van der Waals surface area contributed by atoms with Crippen LogP contribution in [-0.2, 0) is 10.7 Å². The third-order valence-electron chi connectivity index (χ3n) is 4.75. The zero-order chi connectivity index (χ0) is 20.1. The Morgan fingerprint density at radius 3 is 2.71 bits per heavy atom. The number of carbonyl (C=O) groups excluding carboxylic acids is 1. The molecule has 28 heavy (non-hydrogen) atoms. The minimum absolute atomic E-state index is 0.234. The van der Waals surface area contributed by atoms with Gasteiger partial charge >= 0.3 is 0 Å². The van der Waals surface area contributed by atoms with E-state index in [0.717, 1.165) is 31.1 Å². The molecule has 0 aromatic carbocycles. The first-order valence-corrected chi connectivity index (χ1v) is 8.93. The Bertz CT molecular complexity index is 1050. The fraction of sp³-hybridized carbons (Fsp3) is 0.368. The molecule has 1 aliphatic heterocycles. The van der Waals surface area contributed by atoms with Crippen molar-refractivity contribution in [3.05, 3.63) is 41.9 Å². The van der Waals surface area contributed by atoms with E-state index in [1.54, 1.807) is 23.0 Å². The lowest BCUT2D eigenvalue weighted by Crippen LogP contribution is -2.42. The van der Waals surface area contributed by atoms with Crippen LogP contribution >= 0.6 is 0 Å². The van der Waals surface area contributed by atoms with E-state index in [9.17, 15) is 13.6 Å². The van der Waals surface area contributed by atoms with Crippen molar-refractivity contribution in [2.24, 2.45) is 0 Å². The number of hydrogen-bond donors (Lipinski definition) is 1. The number of nitrogens with zero attached hydrogens (tertiary/aromatic N) is 5. The summed E-state index contributed by atoms with van der Waals surface area (Å²) in [6.45, 7) is 3.93. The van der Waals surface area contributed by atoms with Crippen LogP contribution in [0.2, 0.25) is 0 Å². The van der Waals surface area contributed by atoms with E-state index < -0.39 is 5.92 Å². The second kappa shape index (κ2) is 6.59. The van der Waals surface area contributed by atoms with Gasteiger partial charge in [-0.1, -0.05) is 6.07 Å². The molecule has 1 amide bonds. The van der Waals surface area contributed by atoms with Crippen LogP contribution in [0.3, 0.4) is 0 Å². The number of fused-ring (bicyclic) bond motifs is 1.